The van der Waals surface area contributed by atoms with Crippen molar-refractivity contribution in [3.8, 4) is 0 Å². The Morgan fingerprint density at radius 3 is 2.75 bits per heavy atom. The molecule has 0 unspecified atom stereocenters. The van der Waals surface area contributed by atoms with Gasteiger partial charge in [0.05, 0.1) is 0 Å². The molecule has 0 amide bonds. The van der Waals surface area contributed by atoms with Crippen LogP contribution in [0.2, 0.25) is 0 Å². The largest absolute Gasteiger partial charge is 0.329 e. The minimum absolute atomic E-state index is 0.0749. The maximum absolute atomic E-state index is 5.81. The second-order valence-electron chi connectivity index (χ2n) is 2.49. The Balaban J connectivity index is 3.07. The Bertz CT molecular complexity index is 278. The fourth-order valence-corrected chi connectivity index (χ4v) is 2.01. The maximum atomic E-state index is 5.81. The van der Waals surface area contributed by atoms with Gasteiger partial charge in [0, 0.05) is 20.6 Å². The molecule has 66 valence electrons. The number of hydrogen-bond donors (Lipinski definition) is 2. The summed E-state index contributed by atoms with van der Waals surface area (Å²) in [6.45, 7) is 0.471. The molecular formula is C8H10BrIN2. The van der Waals surface area contributed by atoms with Crippen molar-refractivity contribution in [1.82, 2.24) is 0 Å². The number of nitrogens with two attached hydrogens (primary N) is 2. The van der Waals surface area contributed by atoms with Crippen LogP contribution in [0.15, 0.2) is 22.7 Å². The first-order valence-corrected chi connectivity index (χ1v) is 5.43. The Kier molecular flexibility index (Phi) is 3.95. The van der Waals surface area contributed by atoms with Gasteiger partial charge >= 0.3 is 0 Å². The molecule has 1 atom stereocenters. The Hall–Kier alpha value is 0.350. The van der Waals surface area contributed by atoms with Crippen LogP contribution < -0.4 is 11.5 Å². The highest BCUT2D eigenvalue weighted by Gasteiger charge is 2.09. The monoisotopic (exact) mass is 340 g/mol. The molecule has 0 heterocycles. The average Bonchev–Trinajstić information content (AvgIpc) is 2.08. The lowest BCUT2D eigenvalue weighted by atomic mass is 10.1. The van der Waals surface area contributed by atoms with Gasteiger partial charge in [0.1, 0.15) is 0 Å². The van der Waals surface area contributed by atoms with Crippen LogP contribution in [0.5, 0.6) is 0 Å². The summed E-state index contributed by atoms with van der Waals surface area (Å²) in [5.74, 6) is 0. The van der Waals surface area contributed by atoms with Crippen LogP contribution >= 0.6 is 38.5 Å². The second kappa shape index (κ2) is 4.55. The first kappa shape index (κ1) is 10.4. The van der Waals surface area contributed by atoms with Crippen LogP contribution in [-0.4, -0.2) is 6.54 Å². The average molecular weight is 341 g/mol. The molecule has 12 heavy (non-hydrogen) atoms. The lowest BCUT2D eigenvalue weighted by Gasteiger charge is -2.11. The molecule has 1 rings (SSSR count). The number of rotatable bonds is 2. The highest BCUT2D eigenvalue weighted by Crippen LogP contribution is 2.26. The molecule has 0 aromatic heterocycles. The lowest BCUT2D eigenvalue weighted by Crippen LogP contribution is -2.21. The van der Waals surface area contributed by atoms with Crippen molar-refractivity contribution in [2.24, 2.45) is 11.5 Å². The Labute approximate surface area is 94.0 Å². The highest BCUT2D eigenvalue weighted by molar-refractivity contribution is 14.1. The molecule has 0 aliphatic heterocycles. The van der Waals surface area contributed by atoms with E-state index in [2.05, 4.69) is 38.5 Å². The molecule has 1 aromatic carbocycles. The van der Waals surface area contributed by atoms with Crippen molar-refractivity contribution in [3.63, 3.8) is 0 Å². The van der Waals surface area contributed by atoms with Crippen LogP contribution in [0.4, 0.5) is 0 Å². The molecule has 0 saturated carbocycles. The SMILES string of the molecule is NC[C@@H](N)c1cccc(I)c1Br. The fraction of sp³-hybridized carbons (Fsp3) is 0.250. The van der Waals surface area contributed by atoms with Crippen LogP contribution in [0.1, 0.15) is 11.6 Å². The van der Waals surface area contributed by atoms with E-state index < -0.39 is 0 Å². The third kappa shape index (κ3) is 2.18. The maximum Gasteiger partial charge on any atom is 0.0431 e. The zero-order valence-corrected chi connectivity index (χ0v) is 10.2. The van der Waals surface area contributed by atoms with E-state index in [1.807, 2.05) is 18.2 Å². The van der Waals surface area contributed by atoms with E-state index in [9.17, 15) is 0 Å². The van der Waals surface area contributed by atoms with Gasteiger partial charge in [0.25, 0.3) is 0 Å². The molecule has 4 heteroatoms. The van der Waals surface area contributed by atoms with Crippen LogP contribution in [0, 0.1) is 3.57 Å². The van der Waals surface area contributed by atoms with Gasteiger partial charge in [-0.1, -0.05) is 12.1 Å². The number of hydrogen-bond acceptors (Lipinski definition) is 2. The van der Waals surface area contributed by atoms with Crippen molar-refractivity contribution in [3.05, 3.63) is 31.8 Å². The van der Waals surface area contributed by atoms with E-state index in [0.29, 0.717) is 6.54 Å². The number of halogens is 2. The molecule has 0 aliphatic carbocycles. The van der Waals surface area contributed by atoms with E-state index >= 15 is 0 Å². The van der Waals surface area contributed by atoms with Gasteiger partial charge < -0.3 is 11.5 Å². The molecule has 2 nitrogen and oxygen atoms in total. The third-order valence-corrected chi connectivity index (χ3v) is 4.16. The zero-order valence-electron chi connectivity index (χ0n) is 6.43. The van der Waals surface area contributed by atoms with Gasteiger partial charge in [-0.3, -0.25) is 0 Å². The lowest BCUT2D eigenvalue weighted by molar-refractivity contribution is 0.733. The van der Waals surface area contributed by atoms with Crippen molar-refractivity contribution in [2.75, 3.05) is 6.54 Å². The summed E-state index contributed by atoms with van der Waals surface area (Å²) in [5, 5.41) is 0. The van der Waals surface area contributed by atoms with Gasteiger partial charge in [-0.05, 0) is 50.2 Å². The molecule has 4 N–H and O–H groups in total. The summed E-state index contributed by atoms with van der Waals surface area (Å²) in [4.78, 5) is 0. The molecule has 0 spiro atoms. The molecule has 0 bridgehead atoms. The topological polar surface area (TPSA) is 52.0 Å². The van der Waals surface area contributed by atoms with Crippen molar-refractivity contribution < 1.29 is 0 Å². The summed E-state index contributed by atoms with van der Waals surface area (Å²) < 4.78 is 2.22. The molecule has 0 saturated heterocycles. The summed E-state index contributed by atoms with van der Waals surface area (Å²) in [5.41, 5.74) is 12.4. The summed E-state index contributed by atoms with van der Waals surface area (Å²) in [6.07, 6.45) is 0. The normalized spacial score (nSPS) is 13.0. The quantitative estimate of drug-likeness (QED) is 0.809. The first-order valence-electron chi connectivity index (χ1n) is 3.56. The summed E-state index contributed by atoms with van der Waals surface area (Å²) in [7, 11) is 0. The molecule has 1 aromatic rings. The van der Waals surface area contributed by atoms with E-state index in [1.165, 1.54) is 0 Å². The smallest absolute Gasteiger partial charge is 0.0431 e. The first-order chi connectivity index (χ1) is 5.66. The van der Waals surface area contributed by atoms with E-state index in [4.69, 9.17) is 11.5 Å². The van der Waals surface area contributed by atoms with E-state index in [0.717, 1.165) is 13.6 Å². The summed E-state index contributed by atoms with van der Waals surface area (Å²) >= 11 is 5.73. The van der Waals surface area contributed by atoms with E-state index in [1.54, 1.807) is 0 Å². The van der Waals surface area contributed by atoms with Gasteiger partial charge in [-0.2, -0.15) is 0 Å². The Morgan fingerprint density at radius 2 is 2.17 bits per heavy atom. The minimum atomic E-state index is -0.0749. The van der Waals surface area contributed by atoms with Crippen LogP contribution in [0.3, 0.4) is 0 Å². The zero-order chi connectivity index (χ0) is 9.14. The van der Waals surface area contributed by atoms with Gasteiger partial charge in [0.2, 0.25) is 0 Å². The van der Waals surface area contributed by atoms with Crippen LogP contribution in [0.25, 0.3) is 0 Å². The van der Waals surface area contributed by atoms with Gasteiger partial charge in [-0.25, -0.2) is 0 Å². The summed E-state index contributed by atoms with van der Waals surface area (Å²) in [6, 6.07) is 5.92. The fourth-order valence-electron chi connectivity index (χ4n) is 0.934. The molecule has 0 aliphatic rings. The predicted molar refractivity (Wildman–Crippen MR) is 62.8 cm³/mol. The second-order valence-corrected chi connectivity index (χ2v) is 4.44. The molecule has 0 fully saturated rings. The highest BCUT2D eigenvalue weighted by atomic mass is 127. The third-order valence-electron chi connectivity index (χ3n) is 1.63. The van der Waals surface area contributed by atoms with Crippen molar-refractivity contribution >= 4 is 38.5 Å². The molecule has 0 radical (unpaired) electrons. The number of benzene rings is 1. The van der Waals surface area contributed by atoms with E-state index in [-0.39, 0.29) is 6.04 Å². The van der Waals surface area contributed by atoms with Crippen molar-refractivity contribution in [2.45, 2.75) is 6.04 Å². The van der Waals surface area contributed by atoms with Gasteiger partial charge in [-0.15, -0.1) is 0 Å². The van der Waals surface area contributed by atoms with Crippen molar-refractivity contribution in [1.29, 1.82) is 0 Å². The molecular weight excluding hydrogens is 331 g/mol. The Morgan fingerprint density at radius 1 is 1.50 bits per heavy atom. The predicted octanol–water partition coefficient (Wildman–Crippen LogP) is 2.01. The minimum Gasteiger partial charge on any atom is -0.329 e. The van der Waals surface area contributed by atoms with Gasteiger partial charge in [0.15, 0.2) is 0 Å². The standard InChI is InChI=1S/C8H10BrIN2/c9-8-5(7(12)4-11)2-1-3-6(8)10/h1-3,7H,4,11-12H2/t7-/m1/s1. The van der Waals surface area contributed by atoms with Crippen LogP contribution in [-0.2, 0) is 0 Å².